The molecule has 0 amide bonds. The van der Waals surface area contributed by atoms with E-state index in [0.717, 1.165) is 0 Å². The van der Waals surface area contributed by atoms with E-state index >= 15 is 0 Å². The van der Waals surface area contributed by atoms with Crippen LogP contribution in [0.25, 0.3) is 0 Å². The molecule has 0 radical (unpaired) electrons. The van der Waals surface area contributed by atoms with Crippen LogP contribution in [-0.4, -0.2) is 42.5 Å². The van der Waals surface area contributed by atoms with Gasteiger partial charge in [-0.2, -0.15) is 0 Å². The Kier molecular flexibility index (Phi) is 6.20. The van der Waals surface area contributed by atoms with Crippen molar-refractivity contribution in [1.29, 1.82) is 0 Å². The summed E-state index contributed by atoms with van der Waals surface area (Å²) >= 11 is 0. The number of rotatable bonds is 8. The minimum absolute atomic E-state index is 0.0631. The van der Waals surface area contributed by atoms with Crippen molar-refractivity contribution in [1.82, 2.24) is 0 Å². The molecule has 0 saturated heterocycles. The normalized spacial score (nSPS) is 12.2. The van der Waals surface area contributed by atoms with Crippen molar-refractivity contribution in [2.24, 2.45) is 0 Å². The van der Waals surface area contributed by atoms with Gasteiger partial charge >= 0.3 is 0 Å². The van der Waals surface area contributed by atoms with Crippen LogP contribution in [0.4, 0.5) is 11.4 Å². The Hall–Kier alpha value is -1.86. The first-order valence-corrected chi connectivity index (χ1v) is 6.29. The van der Waals surface area contributed by atoms with Crippen LogP contribution in [0.2, 0.25) is 0 Å². The lowest BCUT2D eigenvalue weighted by Gasteiger charge is -2.14. The van der Waals surface area contributed by atoms with Crippen LogP contribution in [0.3, 0.4) is 0 Å². The van der Waals surface area contributed by atoms with Gasteiger partial charge in [0.2, 0.25) is 0 Å². The third-order valence-corrected chi connectivity index (χ3v) is 2.37. The van der Waals surface area contributed by atoms with E-state index in [2.05, 4.69) is 5.32 Å². The number of ether oxygens (including phenoxy) is 2. The molecule has 0 bridgehead atoms. The predicted octanol–water partition coefficient (Wildman–Crippen LogP) is 1.80. The molecule has 1 rings (SSSR count). The van der Waals surface area contributed by atoms with Gasteiger partial charge in [0.05, 0.1) is 29.8 Å². The van der Waals surface area contributed by atoms with Gasteiger partial charge in [0.15, 0.2) is 0 Å². The zero-order valence-corrected chi connectivity index (χ0v) is 11.8. The van der Waals surface area contributed by atoms with E-state index in [4.69, 9.17) is 9.47 Å². The van der Waals surface area contributed by atoms with Gasteiger partial charge in [-0.15, -0.1) is 0 Å². The van der Waals surface area contributed by atoms with Gasteiger partial charge in [0, 0.05) is 31.5 Å². The predicted molar refractivity (Wildman–Crippen MR) is 75.2 cm³/mol. The number of nitro groups is 1. The minimum Gasteiger partial charge on any atom is -0.491 e. The van der Waals surface area contributed by atoms with Crippen molar-refractivity contribution in [2.45, 2.75) is 26.1 Å². The minimum atomic E-state index is -0.686. The Morgan fingerprint density at radius 1 is 1.40 bits per heavy atom. The van der Waals surface area contributed by atoms with Crippen molar-refractivity contribution >= 4 is 11.4 Å². The number of hydrogen-bond acceptors (Lipinski definition) is 6. The van der Waals surface area contributed by atoms with Crippen LogP contribution in [0.15, 0.2) is 18.2 Å². The molecule has 0 aliphatic heterocycles. The Morgan fingerprint density at radius 3 is 2.65 bits per heavy atom. The molecule has 0 spiro atoms. The van der Waals surface area contributed by atoms with Crippen LogP contribution < -0.4 is 10.1 Å². The Balaban J connectivity index is 2.83. The quantitative estimate of drug-likeness (QED) is 0.558. The SMILES string of the molecule is COCC(O)CNc1cc(OC(C)C)cc([N+](=O)[O-])c1. The van der Waals surface area contributed by atoms with E-state index in [9.17, 15) is 15.2 Å². The van der Waals surface area contributed by atoms with Crippen molar-refractivity contribution in [2.75, 3.05) is 25.6 Å². The molecule has 0 fully saturated rings. The number of nitrogens with one attached hydrogen (secondary N) is 1. The zero-order chi connectivity index (χ0) is 15.1. The van der Waals surface area contributed by atoms with Crippen molar-refractivity contribution in [3.05, 3.63) is 28.3 Å². The summed E-state index contributed by atoms with van der Waals surface area (Å²) in [5.74, 6) is 0.415. The lowest BCUT2D eigenvalue weighted by atomic mass is 10.2. The number of nitrogens with zero attached hydrogens (tertiary/aromatic N) is 1. The molecule has 0 aliphatic rings. The van der Waals surface area contributed by atoms with Crippen LogP contribution >= 0.6 is 0 Å². The van der Waals surface area contributed by atoms with Gasteiger partial charge in [-0.05, 0) is 13.8 Å². The molecular formula is C13H20N2O5. The first kappa shape index (κ1) is 16.2. The molecule has 1 atom stereocenters. The number of nitro benzene ring substituents is 1. The van der Waals surface area contributed by atoms with E-state index in [-0.39, 0.29) is 24.9 Å². The van der Waals surface area contributed by atoms with E-state index in [0.29, 0.717) is 11.4 Å². The highest BCUT2D eigenvalue weighted by Gasteiger charge is 2.12. The third-order valence-electron chi connectivity index (χ3n) is 2.37. The van der Waals surface area contributed by atoms with Crippen LogP contribution in [0, 0.1) is 10.1 Å². The van der Waals surface area contributed by atoms with E-state index in [1.54, 1.807) is 6.07 Å². The smallest absolute Gasteiger partial charge is 0.275 e. The Morgan fingerprint density at radius 2 is 2.10 bits per heavy atom. The zero-order valence-electron chi connectivity index (χ0n) is 11.8. The second kappa shape index (κ2) is 7.66. The number of aliphatic hydroxyl groups is 1. The fourth-order valence-electron chi connectivity index (χ4n) is 1.62. The standard InChI is InChI=1S/C13H20N2O5/c1-9(2)20-13-5-10(4-11(6-13)15(17)18)14-7-12(16)8-19-3/h4-6,9,12,14,16H,7-8H2,1-3H3. The number of aliphatic hydroxyl groups excluding tert-OH is 1. The maximum Gasteiger partial charge on any atom is 0.275 e. The number of benzene rings is 1. The molecule has 7 nitrogen and oxygen atoms in total. The molecule has 1 aromatic rings. The highest BCUT2D eigenvalue weighted by atomic mass is 16.6. The summed E-state index contributed by atoms with van der Waals surface area (Å²) in [6, 6.07) is 4.43. The molecule has 1 unspecified atom stereocenters. The van der Waals surface area contributed by atoms with Gasteiger partial charge < -0.3 is 19.9 Å². The maximum atomic E-state index is 10.9. The molecule has 0 aliphatic carbocycles. The van der Waals surface area contributed by atoms with Gasteiger partial charge in [-0.3, -0.25) is 10.1 Å². The third kappa shape index (κ3) is 5.41. The number of anilines is 1. The first-order valence-electron chi connectivity index (χ1n) is 6.29. The Labute approximate surface area is 117 Å². The highest BCUT2D eigenvalue weighted by molar-refractivity contribution is 5.56. The van der Waals surface area contributed by atoms with Crippen LogP contribution in [0.1, 0.15) is 13.8 Å². The number of hydrogen-bond donors (Lipinski definition) is 2. The average molecular weight is 284 g/mol. The van der Waals surface area contributed by atoms with Crippen molar-refractivity contribution in [3.8, 4) is 5.75 Å². The van der Waals surface area contributed by atoms with Crippen LogP contribution in [0.5, 0.6) is 5.75 Å². The fourth-order valence-corrected chi connectivity index (χ4v) is 1.62. The van der Waals surface area contributed by atoms with E-state index < -0.39 is 11.0 Å². The topological polar surface area (TPSA) is 93.9 Å². The molecule has 0 aromatic heterocycles. The van der Waals surface area contributed by atoms with E-state index in [1.165, 1.54) is 19.2 Å². The number of methoxy groups -OCH3 is 1. The summed E-state index contributed by atoms with van der Waals surface area (Å²) in [5, 5.41) is 23.4. The summed E-state index contributed by atoms with van der Waals surface area (Å²) < 4.78 is 10.3. The molecule has 112 valence electrons. The molecule has 0 saturated carbocycles. The second-order valence-corrected chi connectivity index (χ2v) is 4.63. The molecule has 0 heterocycles. The monoisotopic (exact) mass is 284 g/mol. The molecule has 2 N–H and O–H groups in total. The molecule has 20 heavy (non-hydrogen) atoms. The van der Waals surface area contributed by atoms with Gasteiger partial charge in [-0.25, -0.2) is 0 Å². The van der Waals surface area contributed by atoms with Crippen molar-refractivity contribution < 1.29 is 19.5 Å². The summed E-state index contributed by atoms with van der Waals surface area (Å²) in [5.41, 5.74) is 0.455. The first-order chi connectivity index (χ1) is 9.42. The lowest BCUT2D eigenvalue weighted by Crippen LogP contribution is -2.24. The summed E-state index contributed by atoms with van der Waals surface area (Å²) in [7, 11) is 1.49. The highest BCUT2D eigenvalue weighted by Crippen LogP contribution is 2.26. The summed E-state index contributed by atoms with van der Waals surface area (Å²) in [6.07, 6.45) is -0.766. The van der Waals surface area contributed by atoms with E-state index in [1.807, 2.05) is 13.8 Å². The summed E-state index contributed by atoms with van der Waals surface area (Å²) in [4.78, 5) is 10.4. The maximum absolute atomic E-state index is 10.9. The van der Waals surface area contributed by atoms with Gasteiger partial charge in [0.25, 0.3) is 5.69 Å². The summed E-state index contributed by atoms with van der Waals surface area (Å²) in [6.45, 7) is 4.11. The van der Waals surface area contributed by atoms with Gasteiger partial charge in [-0.1, -0.05) is 0 Å². The van der Waals surface area contributed by atoms with Crippen molar-refractivity contribution in [3.63, 3.8) is 0 Å². The average Bonchev–Trinajstić information content (AvgIpc) is 2.35. The van der Waals surface area contributed by atoms with Crippen LogP contribution in [-0.2, 0) is 4.74 Å². The largest absolute Gasteiger partial charge is 0.491 e. The molecule has 7 heteroatoms. The molecule has 1 aromatic carbocycles. The van der Waals surface area contributed by atoms with Gasteiger partial charge in [0.1, 0.15) is 5.75 Å². The fraction of sp³-hybridized carbons (Fsp3) is 0.538. The molecular weight excluding hydrogens is 264 g/mol. The Bertz CT molecular complexity index is 450. The number of non-ortho nitro benzene ring substituents is 1. The second-order valence-electron chi connectivity index (χ2n) is 4.63. The lowest BCUT2D eigenvalue weighted by molar-refractivity contribution is -0.384.